The van der Waals surface area contributed by atoms with E-state index in [4.69, 9.17) is 0 Å². The summed E-state index contributed by atoms with van der Waals surface area (Å²) in [6, 6.07) is 6.95. The molecule has 1 aromatic heterocycles. The second-order valence-corrected chi connectivity index (χ2v) is 3.78. The predicted octanol–water partition coefficient (Wildman–Crippen LogP) is 2.38. The van der Waals surface area contributed by atoms with Crippen LogP contribution in [0.15, 0.2) is 29.4 Å². The lowest BCUT2D eigenvalue weighted by Gasteiger charge is -2.11. The molecule has 0 spiro atoms. The van der Waals surface area contributed by atoms with E-state index in [1.54, 1.807) is 0 Å². The van der Waals surface area contributed by atoms with E-state index in [-0.39, 0.29) is 0 Å². The molecule has 0 aromatic carbocycles. The summed E-state index contributed by atoms with van der Waals surface area (Å²) in [5, 5.41) is 0. The van der Waals surface area contributed by atoms with Crippen LogP contribution in [0.1, 0.15) is 33.7 Å². The highest BCUT2D eigenvalue weighted by Crippen LogP contribution is 1.98. The molecule has 0 fully saturated rings. The van der Waals surface area contributed by atoms with Crippen molar-refractivity contribution in [3.63, 3.8) is 0 Å². The van der Waals surface area contributed by atoms with Crippen molar-refractivity contribution >= 4 is 0 Å². The molecule has 1 heterocycles. The average Bonchev–Trinajstić information content (AvgIpc) is 2.03. The Morgan fingerprint density at radius 1 is 1.15 bits per heavy atom. The number of aromatic nitrogens is 1. The van der Waals surface area contributed by atoms with E-state index >= 15 is 0 Å². The predicted molar refractivity (Wildman–Crippen MR) is 55.5 cm³/mol. The first-order valence-corrected chi connectivity index (χ1v) is 4.82. The van der Waals surface area contributed by atoms with Crippen LogP contribution in [0, 0.1) is 0 Å². The molecule has 0 amide bonds. The van der Waals surface area contributed by atoms with Crippen LogP contribution < -0.4 is 5.49 Å². The lowest BCUT2D eigenvalue weighted by Crippen LogP contribution is -2.22. The Labute approximate surface area is 79.9 Å². The van der Waals surface area contributed by atoms with E-state index in [1.807, 2.05) is 12.1 Å². The third-order valence-electron chi connectivity index (χ3n) is 1.81. The summed E-state index contributed by atoms with van der Waals surface area (Å²) < 4.78 is 2.18. The van der Waals surface area contributed by atoms with E-state index in [2.05, 4.69) is 49.5 Å². The van der Waals surface area contributed by atoms with Crippen molar-refractivity contribution in [2.45, 2.75) is 39.8 Å². The van der Waals surface area contributed by atoms with Gasteiger partial charge in [0.1, 0.15) is 5.49 Å². The molecule has 0 unspecified atom stereocenters. The van der Waals surface area contributed by atoms with Crippen LogP contribution in [0.2, 0.25) is 0 Å². The lowest BCUT2D eigenvalue weighted by molar-refractivity contribution is 0.560. The summed E-state index contributed by atoms with van der Waals surface area (Å²) in [6.45, 7) is 8.52. The van der Waals surface area contributed by atoms with Crippen LogP contribution in [-0.2, 0) is 0 Å². The highest BCUT2D eigenvalue weighted by molar-refractivity contribution is 4.94. The quantitative estimate of drug-likeness (QED) is 0.661. The normalized spacial score (nSPS) is 12.9. The standard InChI is InChI=1S/C11H18N2/c1-9(2)12-11-7-5-6-8-13(11)10(3)4/h5-10H,1-4H3/b12-11+. The van der Waals surface area contributed by atoms with E-state index in [0.29, 0.717) is 12.1 Å². The minimum Gasteiger partial charge on any atom is -0.331 e. The maximum atomic E-state index is 4.54. The van der Waals surface area contributed by atoms with E-state index in [1.165, 1.54) is 0 Å². The van der Waals surface area contributed by atoms with Crippen molar-refractivity contribution in [2.75, 3.05) is 0 Å². The molecule has 1 aromatic rings. The highest BCUT2D eigenvalue weighted by atomic mass is 15.0. The molecule has 0 atom stereocenters. The molecular formula is C11H18N2. The molecule has 0 saturated carbocycles. The maximum Gasteiger partial charge on any atom is 0.127 e. The Hall–Kier alpha value is -1.05. The van der Waals surface area contributed by atoms with Crippen LogP contribution >= 0.6 is 0 Å². The zero-order valence-corrected chi connectivity index (χ0v) is 8.86. The van der Waals surface area contributed by atoms with Gasteiger partial charge in [-0.05, 0) is 39.8 Å². The second-order valence-electron chi connectivity index (χ2n) is 3.78. The Morgan fingerprint density at radius 3 is 2.38 bits per heavy atom. The summed E-state index contributed by atoms with van der Waals surface area (Å²) in [5.41, 5.74) is 1.06. The van der Waals surface area contributed by atoms with Gasteiger partial charge < -0.3 is 4.57 Å². The molecule has 1 rings (SSSR count). The highest BCUT2D eigenvalue weighted by Gasteiger charge is 1.96. The van der Waals surface area contributed by atoms with Gasteiger partial charge in [-0.1, -0.05) is 6.07 Å². The number of hydrogen-bond donors (Lipinski definition) is 0. The molecular weight excluding hydrogens is 160 g/mol. The van der Waals surface area contributed by atoms with Crippen molar-refractivity contribution in [3.8, 4) is 0 Å². The van der Waals surface area contributed by atoms with E-state index in [0.717, 1.165) is 5.49 Å². The Morgan fingerprint density at radius 2 is 1.85 bits per heavy atom. The first-order chi connectivity index (χ1) is 6.11. The van der Waals surface area contributed by atoms with Gasteiger partial charge in [0.2, 0.25) is 0 Å². The minimum atomic E-state index is 0.354. The molecule has 0 radical (unpaired) electrons. The second kappa shape index (κ2) is 4.26. The van der Waals surface area contributed by atoms with Gasteiger partial charge in [-0.15, -0.1) is 0 Å². The van der Waals surface area contributed by atoms with Crippen LogP contribution in [0.3, 0.4) is 0 Å². The zero-order valence-electron chi connectivity index (χ0n) is 8.86. The van der Waals surface area contributed by atoms with Gasteiger partial charge in [-0.2, -0.15) is 0 Å². The fourth-order valence-electron chi connectivity index (χ4n) is 1.26. The number of hydrogen-bond acceptors (Lipinski definition) is 1. The first-order valence-electron chi connectivity index (χ1n) is 4.82. The summed E-state index contributed by atoms with van der Waals surface area (Å²) in [6.07, 6.45) is 2.08. The summed E-state index contributed by atoms with van der Waals surface area (Å²) in [5.74, 6) is 0. The molecule has 0 saturated heterocycles. The number of rotatable bonds is 2. The lowest BCUT2D eigenvalue weighted by atomic mass is 10.3. The van der Waals surface area contributed by atoms with Crippen molar-refractivity contribution < 1.29 is 0 Å². The summed E-state index contributed by atoms with van der Waals surface area (Å²) in [7, 11) is 0. The fourth-order valence-corrected chi connectivity index (χ4v) is 1.26. The summed E-state index contributed by atoms with van der Waals surface area (Å²) in [4.78, 5) is 4.54. The first kappa shape index (κ1) is 10.0. The Kier molecular flexibility index (Phi) is 3.29. The average molecular weight is 178 g/mol. The molecule has 0 N–H and O–H groups in total. The van der Waals surface area contributed by atoms with E-state index in [9.17, 15) is 0 Å². The molecule has 72 valence electrons. The fraction of sp³-hybridized carbons (Fsp3) is 0.545. The van der Waals surface area contributed by atoms with Crippen molar-refractivity contribution in [1.82, 2.24) is 4.57 Å². The van der Waals surface area contributed by atoms with Crippen molar-refractivity contribution in [2.24, 2.45) is 4.99 Å². The smallest absolute Gasteiger partial charge is 0.127 e. The third kappa shape index (κ3) is 2.72. The SMILES string of the molecule is CC(C)/N=c1\ccccn1C(C)C. The molecule has 0 bridgehead atoms. The van der Waals surface area contributed by atoms with Crippen LogP contribution in [0.4, 0.5) is 0 Å². The minimum absolute atomic E-state index is 0.354. The Balaban J connectivity index is 3.20. The van der Waals surface area contributed by atoms with E-state index < -0.39 is 0 Å². The van der Waals surface area contributed by atoms with Gasteiger partial charge in [0.05, 0.1) is 0 Å². The number of nitrogens with zero attached hydrogens (tertiary/aromatic N) is 2. The van der Waals surface area contributed by atoms with Gasteiger partial charge in [0, 0.05) is 18.3 Å². The molecule has 13 heavy (non-hydrogen) atoms. The van der Waals surface area contributed by atoms with Gasteiger partial charge in [0.15, 0.2) is 0 Å². The van der Waals surface area contributed by atoms with Gasteiger partial charge in [0.25, 0.3) is 0 Å². The zero-order chi connectivity index (χ0) is 9.84. The molecule has 0 aliphatic rings. The topological polar surface area (TPSA) is 17.3 Å². The van der Waals surface area contributed by atoms with Crippen molar-refractivity contribution in [3.05, 3.63) is 29.9 Å². The van der Waals surface area contributed by atoms with Crippen LogP contribution in [-0.4, -0.2) is 10.6 Å². The largest absolute Gasteiger partial charge is 0.331 e. The molecule has 0 aliphatic carbocycles. The maximum absolute atomic E-state index is 4.54. The summed E-state index contributed by atoms with van der Waals surface area (Å²) >= 11 is 0. The Bertz CT molecular complexity index is 321. The van der Waals surface area contributed by atoms with Gasteiger partial charge in [-0.3, -0.25) is 4.99 Å². The van der Waals surface area contributed by atoms with Crippen molar-refractivity contribution in [1.29, 1.82) is 0 Å². The molecule has 2 nitrogen and oxygen atoms in total. The van der Waals surface area contributed by atoms with Crippen LogP contribution in [0.25, 0.3) is 0 Å². The molecule has 2 heteroatoms. The molecule has 0 aliphatic heterocycles. The van der Waals surface area contributed by atoms with Crippen LogP contribution in [0.5, 0.6) is 0 Å². The third-order valence-corrected chi connectivity index (χ3v) is 1.81. The monoisotopic (exact) mass is 178 g/mol. The van der Waals surface area contributed by atoms with Gasteiger partial charge >= 0.3 is 0 Å². The van der Waals surface area contributed by atoms with Gasteiger partial charge in [-0.25, -0.2) is 0 Å². The number of pyridine rings is 1.